The van der Waals surface area contributed by atoms with E-state index in [2.05, 4.69) is 30.8 Å². The average Bonchev–Trinajstić information content (AvgIpc) is 3.17. The maximum absolute atomic E-state index is 11.4. The van der Waals surface area contributed by atoms with Crippen molar-refractivity contribution in [2.24, 2.45) is 5.10 Å². The maximum atomic E-state index is 11.4. The van der Waals surface area contributed by atoms with Crippen LogP contribution in [0.2, 0.25) is 0 Å². The number of hydrogen-bond donors (Lipinski definition) is 1. The average molecular weight is 525 g/mol. The molecule has 10 heteroatoms. The minimum atomic E-state index is -0.198. The summed E-state index contributed by atoms with van der Waals surface area (Å²) in [6.45, 7) is 5.52. The molecule has 1 aromatic heterocycles. The van der Waals surface area contributed by atoms with E-state index in [0.717, 1.165) is 41.1 Å². The van der Waals surface area contributed by atoms with Crippen LogP contribution >= 0.6 is 39.5 Å². The van der Waals surface area contributed by atoms with Crippen molar-refractivity contribution in [3.63, 3.8) is 0 Å². The molecule has 0 amide bonds. The smallest absolute Gasteiger partial charge is 0.306 e. The molecule has 1 fully saturated rings. The van der Waals surface area contributed by atoms with Gasteiger partial charge >= 0.3 is 5.97 Å². The zero-order valence-corrected chi connectivity index (χ0v) is 20.7. The number of carbonyl (C=O) groups is 1. The van der Waals surface area contributed by atoms with E-state index in [1.165, 1.54) is 18.4 Å². The van der Waals surface area contributed by atoms with Gasteiger partial charge in [-0.15, -0.1) is 11.3 Å². The molecule has 1 N–H and O–H groups in total. The predicted molar refractivity (Wildman–Crippen MR) is 133 cm³/mol. The highest BCUT2D eigenvalue weighted by Crippen LogP contribution is 2.44. The van der Waals surface area contributed by atoms with Gasteiger partial charge in [-0.3, -0.25) is 9.69 Å². The molecule has 7 nitrogen and oxygen atoms in total. The van der Waals surface area contributed by atoms with E-state index < -0.39 is 0 Å². The van der Waals surface area contributed by atoms with Crippen LogP contribution in [0.4, 0.5) is 5.69 Å². The Hall–Kier alpha value is -2.01. The summed E-state index contributed by atoms with van der Waals surface area (Å²) in [4.78, 5) is 16.4. The van der Waals surface area contributed by atoms with Crippen LogP contribution in [0.25, 0.3) is 10.4 Å². The van der Waals surface area contributed by atoms with E-state index in [0.29, 0.717) is 23.8 Å². The van der Waals surface area contributed by atoms with Crippen LogP contribution in [-0.2, 0) is 9.53 Å². The first-order chi connectivity index (χ1) is 14.9. The van der Waals surface area contributed by atoms with E-state index in [9.17, 15) is 9.90 Å². The summed E-state index contributed by atoms with van der Waals surface area (Å²) in [6.07, 6.45) is 2.05. The van der Waals surface area contributed by atoms with Gasteiger partial charge in [0.05, 0.1) is 18.4 Å². The Labute approximate surface area is 200 Å². The van der Waals surface area contributed by atoms with Crippen molar-refractivity contribution in [2.45, 2.75) is 13.3 Å². The van der Waals surface area contributed by atoms with Gasteiger partial charge in [-0.2, -0.15) is 5.10 Å². The number of esters is 1. The molecule has 0 saturated carbocycles. The van der Waals surface area contributed by atoms with Crippen molar-refractivity contribution < 1.29 is 14.6 Å². The van der Waals surface area contributed by atoms with Gasteiger partial charge < -0.3 is 14.7 Å². The van der Waals surface area contributed by atoms with Crippen LogP contribution in [0.15, 0.2) is 39.2 Å². The number of hydrogen-bond acceptors (Lipinski definition) is 7. The molecule has 1 aliphatic heterocycles. The molecule has 31 heavy (non-hydrogen) atoms. The highest BCUT2D eigenvalue weighted by molar-refractivity contribution is 9.10. The van der Waals surface area contributed by atoms with Crippen LogP contribution in [-0.4, -0.2) is 72.0 Å². The number of methoxy groups -OCH3 is 1. The predicted octanol–water partition coefficient (Wildman–Crippen LogP) is 4.16. The van der Waals surface area contributed by atoms with Crippen LogP contribution in [0, 0.1) is 0 Å². The van der Waals surface area contributed by atoms with Crippen molar-refractivity contribution in [3.05, 3.63) is 34.1 Å². The van der Waals surface area contributed by atoms with Crippen LogP contribution in [0.3, 0.4) is 0 Å². The van der Waals surface area contributed by atoms with Gasteiger partial charge in [0.2, 0.25) is 0 Å². The molecule has 166 valence electrons. The fourth-order valence-electron chi connectivity index (χ4n) is 3.28. The molecule has 0 unspecified atom stereocenters. The number of aromatic hydroxyl groups is 1. The number of halogens is 1. The topological polar surface area (TPSA) is 68.6 Å². The normalized spacial score (nSPS) is 14.7. The van der Waals surface area contributed by atoms with Gasteiger partial charge in [-0.1, -0.05) is 28.1 Å². The van der Waals surface area contributed by atoms with E-state index >= 15 is 0 Å². The monoisotopic (exact) mass is 524 g/mol. The van der Waals surface area contributed by atoms with Crippen molar-refractivity contribution in [2.75, 3.05) is 44.8 Å². The molecule has 0 bridgehead atoms. The molecule has 0 atom stereocenters. The Balaban J connectivity index is 1.71. The molecular formula is C21H25BrN4O3S2. The van der Waals surface area contributed by atoms with Crippen molar-refractivity contribution >= 4 is 62.5 Å². The zero-order chi connectivity index (χ0) is 22.4. The largest absolute Gasteiger partial charge is 0.504 e. The van der Waals surface area contributed by atoms with Crippen LogP contribution in [0.5, 0.6) is 5.75 Å². The first kappa shape index (κ1) is 23.6. The van der Waals surface area contributed by atoms with Crippen molar-refractivity contribution in [1.82, 2.24) is 9.80 Å². The molecule has 1 aromatic carbocycles. The van der Waals surface area contributed by atoms with Crippen molar-refractivity contribution in [1.29, 1.82) is 0 Å². The lowest BCUT2D eigenvalue weighted by Crippen LogP contribution is -2.52. The number of hydrazone groups is 1. The van der Waals surface area contributed by atoms with Crippen LogP contribution in [0.1, 0.15) is 13.3 Å². The Morgan fingerprint density at radius 2 is 2.00 bits per heavy atom. The number of rotatable bonds is 6. The number of thiophene rings is 1. The van der Waals surface area contributed by atoms with Gasteiger partial charge in [0.1, 0.15) is 5.69 Å². The lowest BCUT2D eigenvalue weighted by atomic mass is 10.2. The van der Waals surface area contributed by atoms with E-state index in [4.69, 9.17) is 17.0 Å². The summed E-state index contributed by atoms with van der Waals surface area (Å²) in [6, 6.07) is 7.80. The van der Waals surface area contributed by atoms with E-state index in [1.54, 1.807) is 11.2 Å². The molecule has 1 aliphatic rings. The number of carbonyl (C=O) groups excluding carboxylic acids is 1. The standard InChI is InChI=1S/C21H25BrN4O3S2/c1-3-23-26(17-14-31-20(19(17)28)15-4-6-16(22)7-5-15)21(30)25-12-10-24(11-13-25)9-8-18(27)29-2/h3-7,14,28H,8-13H2,1-2H3/b23-3+. The molecular weight excluding hydrogens is 500 g/mol. The van der Waals surface area contributed by atoms with Gasteiger partial charge in [-0.05, 0) is 36.8 Å². The maximum Gasteiger partial charge on any atom is 0.306 e. The van der Waals surface area contributed by atoms with Gasteiger partial charge in [0.15, 0.2) is 10.9 Å². The van der Waals surface area contributed by atoms with Gasteiger partial charge in [0, 0.05) is 48.8 Å². The minimum absolute atomic E-state index is 0.164. The summed E-state index contributed by atoms with van der Waals surface area (Å²) < 4.78 is 5.70. The van der Waals surface area contributed by atoms with Crippen LogP contribution < -0.4 is 5.01 Å². The fraction of sp³-hybridized carbons (Fsp3) is 0.381. The molecule has 0 spiro atoms. The molecule has 1 saturated heterocycles. The second kappa shape index (κ2) is 11.0. The Kier molecular flexibility index (Phi) is 8.42. The Morgan fingerprint density at radius 3 is 2.61 bits per heavy atom. The number of nitrogens with zero attached hydrogens (tertiary/aromatic N) is 4. The Bertz CT molecular complexity index is 941. The molecule has 0 aliphatic carbocycles. The summed E-state index contributed by atoms with van der Waals surface area (Å²) in [5.41, 5.74) is 1.50. The first-order valence-corrected chi connectivity index (χ1v) is 12.0. The molecule has 0 radical (unpaired) electrons. The lowest BCUT2D eigenvalue weighted by molar-refractivity contribution is -0.141. The van der Waals surface area contributed by atoms with Gasteiger partial charge in [-0.25, -0.2) is 5.01 Å². The third kappa shape index (κ3) is 5.82. The second-order valence-corrected chi connectivity index (χ2v) is 9.09. The fourth-order valence-corrected chi connectivity index (χ4v) is 4.80. The highest BCUT2D eigenvalue weighted by Gasteiger charge is 2.26. The second-order valence-electron chi connectivity index (χ2n) is 6.93. The number of anilines is 1. The number of thiocarbonyl (C=S) groups is 1. The zero-order valence-electron chi connectivity index (χ0n) is 17.5. The SMILES string of the molecule is C/C=N/N(C(=S)N1CCN(CCC(=O)OC)CC1)c1csc(-c2ccc(Br)cc2)c1O. The lowest BCUT2D eigenvalue weighted by Gasteiger charge is -2.37. The summed E-state index contributed by atoms with van der Waals surface area (Å²) in [7, 11) is 1.41. The summed E-state index contributed by atoms with van der Waals surface area (Å²) in [5, 5.41) is 19.4. The molecule has 3 rings (SSSR count). The third-order valence-corrected chi connectivity index (χ3v) is 6.96. The number of benzene rings is 1. The minimum Gasteiger partial charge on any atom is -0.504 e. The highest BCUT2D eigenvalue weighted by atomic mass is 79.9. The van der Waals surface area contributed by atoms with Crippen molar-refractivity contribution in [3.8, 4) is 16.2 Å². The molecule has 2 aromatic rings. The summed E-state index contributed by atoms with van der Waals surface area (Å²) in [5.74, 6) is -0.0343. The summed E-state index contributed by atoms with van der Waals surface area (Å²) >= 11 is 10.6. The first-order valence-electron chi connectivity index (χ1n) is 9.87. The molecule has 2 heterocycles. The van der Waals surface area contributed by atoms with E-state index in [-0.39, 0.29) is 11.7 Å². The van der Waals surface area contributed by atoms with E-state index in [1.807, 2.05) is 36.6 Å². The third-order valence-electron chi connectivity index (χ3n) is 5.00. The van der Waals surface area contributed by atoms with Gasteiger partial charge in [0.25, 0.3) is 0 Å². The number of ether oxygens (including phenoxy) is 1. The number of piperazine rings is 1. The Morgan fingerprint density at radius 1 is 1.32 bits per heavy atom. The quantitative estimate of drug-likeness (QED) is 0.263.